The van der Waals surface area contributed by atoms with Crippen LogP contribution in [-0.2, 0) is 0 Å². The molecule has 114 valence electrons. The molecule has 0 saturated heterocycles. The summed E-state index contributed by atoms with van der Waals surface area (Å²) in [6.45, 7) is 1.90. The van der Waals surface area contributed by atoms with E-state index in [0.717, 1.165) is 22.2 Å². The number of pyridine rings is 1. The molecule has 1 heterocycles. The highest BCUT2D eigenvalue weighted by Gasteiger charge is 2.13. The van der Waals surface area contributed by atoms with Gasteiger partial charge < -0.3 is 5.11 Å². The number of hydrogen-bond acceptors (Lipinski definition) is 4. The van der Waals surface area contributed by atoms with Crippen molar-refractivity contribution in [2.75, 3.05) is 0 Å². The molecule has 0 fully saturated rings. The third-order valence-corrected chi connectivity index (χ3v) is 3.58. The SMILES string of the molecule is C/C(=C/c1ccc(O)c([N+](=O)[O-])c1)c1ccc2ccccc2n1. The first-order chi connectivity index (χ1) is 11.0. The summed E-state index contributed by atoms with van der Waals surface area (Å²) in [5, 5.41) is 21.4. The topological polar surface area (TPSA) is 76.3 Å². The van der Waals surface area contributed by atoms with Gasteiger partial charge in [0.15, 0.2) is 5.75 Å². The lowest BCUT2D eigenvalue weighted by atomic mass is 10.1. The predicted octanol–water partition coefficient (Wildman–Crippen LogP) is 4.41. The van der Waals surface area contributed by atoms with Crippen molar-refractivity contribution >= 4 is 28.2 Å². The highest BCUT2D eigenvalue weighted by atomic mass is 16.6. The lowest BCUT2D eigenvalue weighted by Crippen LogP contribution is -1.90. The maximum Gasteiger partial charge on any atom is 0.311 e. The van der Waals surface area contributed by atoms with Gasteiger partial charge >= 0.3 is 5.69 Å². The summed E-state index contributed by atoms with van der Waals surface area (Å²) in [4.78, 5) is 14.9. The summed E-state index contributed by atoms with van der Waals surface area (Å²) in [5.41, 5.74) is 2.92. The Morgan fingerprint density at radius 3 is 2.74 bits per heavy atom. The van der Waals surface area contributed by atoms with E-state index in [2.05, 4.69) is 4.98 Å². The Balaban J connectivity index is 2.00. The number of hydrogen-bond donors (Lipinski definition) is 1. The fourth-order valence-electron chi connectivity index (χ4n) is 2.39. The molecule has 2 aromatic carbocycles. The number of phenolic OH excluding ortho intramolecular Hbond substituents is 1. The minimum atomic E-state index is -0.601. The summed E-state index contributed by atoms with van der Waals surface area (Å²) in [6.07, 6.45) is 1.81. The van der Waals surface area contributed by atoms with Crippen LogP contribution in [-0.4, -0.2) is 15.0 Å². The molecule has 0 aliphatic carbocycles. The van der Waals surface area contributed by atoms with E-state index < -0.39 is 4.92 Å². The number of allylic oxidation sites excluding steroid dienone is 1. The highest BCUT2D eigenvalue weighted by Crippen LogP contribution is 2.28. The number of aromatic hydroxyl groups is 1. The van der Waals surface area contributed by atoms with E-state index in [1.54, 1.807) is 6.07 Å². The molecule has 0 saturated carbocycles. The number of nitro benzene ring substituents is 1. The number of fused-ring (bicyclic) bond motifs is 1. The summed E-state index contributed by atoms with van der Waals surface area (Å²) < 4.78 is 0. The van der Waals surface area contributed by atoms with Gasteiger partial charge in [-0.15, -0.1) is 0 Å². The summed E-state index contributed by atoms with van der Waals surface area (Å²) >= 11 is 0. The van der Waals surface area contributed by atoms with Crippen LogP contribution in [0.25, 0.3) is 22.6 Å². The van der Waals surface area contributed by atoms with Crippen molar-refractivity contribution in [2.24, 2.45) is 0 Å². The highest BCUT2D eigenvalue weighted by molar-refractivity contribution is 5.84. The van der Waals surface area contributed by atoms with Gasteiger partial charge in [0.05, 0.1) is 16.1 Å². The second-order valence-corrected chi connectivity index (χ2v) is 5.22. The predicted molar refractivity (Wildman–Crippen MR) is 90.0 cm³/mol. The first kappa shape index (κ1) is 14.7. The molecule has 0 aliphatic heterocycles. The fraction of sp³-hybridized carbons (Fsp3) is 0.0556. The molecule has 0 spiro atoms. The van der Waals surface area contributed by atoms with E-state index in [4.69, 9.17) is 0 Å². The number of aromatic nitrogens is 1. The fourth-order valence-corrected chi connectivity index (χ4v) is 2.39. The summed E-state index contributed by atoms with van der Waals surface area (Å²) in [7, 11) is 0. The lowest BCUT2D eigenvalue weighted by Gasteiger charge is -2.04. The van der Waals surface area contributed by atoms with Gasteiger partial charge in [-0.1, -0.05) is 30.3 Å². The van der Waals surface area contributed by atoms with Gasteiger partial charge in [0.2, 0.25) is 0 Å². The van der Waals surface area contributed by atoms with Gasteiger partial charge in [0, 0.05) is 11.5 Å². The van der Waals surface area contributed by atoms with Gasteiger partial charge in [-0.25, -0.2) is 4.98 Å². The molecule has 0 unspecified atom stereocenters. The van der Waals surface area contributed by atoms with E-state index in [1.807, 2.05) is 49.4 Å². The molecular weight excluding hydrogens is 292 g/mol. The molecule has 0 aliphatic rings. The zero-order valence-corrected chi connectivity index (χ0v) is 12.4. The van der Waals surface area contributed by atoms with E-state index >= 15 is 0 Å². The molecule has 3 rings (SSSR count). The minimum absolute atomic E-state index is 0.307. The van der Waals surface area contributed by atoms with Gasteiger partial charge in [-0.05, 0) is 42.3 Å². The zero-order valence-electron chi connectivity index (χ0n) is 12.4. The van der Waals surface area contributed by atoms with Crippen LogP contribution in [0.1, 0.15) is 18.2 Å². The van der Waals surface area contributed by atoms with Gasteiger partial charge in [0.1, 0.15) is 0 Å². The first-order valence-corrected chi connectivity index (χ1v) is 7.06. The molecule has 0 amide bonds. The molecule has 3 aromatic rings. The van der Waals surface area contributed by atoms with Crippen molar-refractivity contribution in [1.29, 1.82) is 0 Å². The molecule has 5 nitrogen and oxygen atoms in total. The Hall–Kier alpha value is -3.21. The molecule has 1 N–H and O–H groups in total. The number of nitro groups is 1. The van der Waals surface area contributed by atoms with E-state index in [-0.39, 0.29) is 11.4 Å². The Labute approximate surface area is 132 Å². The van der Waals surface area contributed by atoms with Crippen LogP contribution in [0.5, 0.6) is 5.75 Å². The number of nitrogens with zero attached hydrogens (tertiary/aromatic N) is 2. The normalized spacial score (nSPS) is 11.6. The van der Waals surface area contributed by atoms with Crippen LogP contribution in [0.15, 0.2) is 54.6 Å². The largest absolute Gasteiger partial charge is 0.502 e. The molecule has 23 heavy (non-hydrogen) atoms. The summed E-state index contributed by atoms with van der Waals surface area (Å²) in [5.74, 6) is -0.339. The standard InChI is InChI=1S/C18H14N2O3/c1-12(10-13-6-9-18(21)17(11-13)20(22)23)15-8-7-14-4-2-3-5-16(14)19-15/h2-11,21H,1H3/b12-10-. The van der Waals surface area contributed by atoms with Crippen LogP contribution >= 0.6 is 0 Å². The number of phenols is 1. The second-order valence-electron chi connectivity index (χ2n) is 5.22. The molecule has 1 aromatic heterocycles. The minimum Gasteiger partial charge on any atom is -0.502 e. The van der Waals surface area contributed by atoms with Crippen LogP contribution < -0.4 is 0 Å². The zero-order chi connectivity index (χ0) is 16.4. The Kier molecular flexibility index (Phi) is 3.76. The van der Waals surface area contributed by atoms with Crippen molar-refractivity contribution < 1.29 is 10.0 Å². The second kappa shape index (κ2) is 5.88. The molecular formula is C18H14N2O3. The number of para-hydroxylation sites is 1. The van der Waals surface area contributed by atoms with E-state index in [9.17, 15) is 15.2 Å². The van der Waals surface area contributed by atoms with Crippen molar-refractivity contribution in [3.05, 3.63) is 76.0 Å². The average Bonchev–Trinajstić information content (AvgIpc) is 2.55. The molecule has 0 atom stereocenters. The van der Waals surface area contributed by atoms with Crippen molar-refractivity contribution in [3.63, 3.8) is 0 Å². The van der Waals surface area contributed by atoms with Crippen molar-refractivity contribution in [1.82, 2.24) is 4.98 Å². The van der Waals surface area contributed by atoms with Gasteiger partial charge in [-0.2, -0.15) is 0 Å². The molecule has 0 radical (unpaired) electrons. The lowest BCUT2D eigenvalue weighted by molar-refractivity contribution is -0.385. The van der Waals surface area contributed by atoms with Crippen LogP contribution in [0.4, 0.5) is 5.69 Å². The smallest absolute Gasteiger partial charge is 0.311 e. The third kappa shape index (κ3) is 3.03. The molecule has 0 bridgehead atoms. The quantitative estimate of drug-likeness (QED) is 0.574. The van der Waals surface area contributed by atoms with Crippen LogP contribution in [0, 0.1) is 10.1 Å². The third-order valence-electron chi connectivity index (χ3n) is 3.58. The van der Waals surface area contributed by atoms with Crippen molar-refractivity contribution in [2.45, 2.75) is 6.92 Å². The van der Waals surface area contributed by atoms with Crippen LogP contribution in [0.2, 0.25) is 0 Å². The van der Waals surface area contributed by atoms with Gasteiger partial charge in [0.25, 0.3) is 0 Å². The van der Waals surface area contributed by atoms with Crippen LogP contribution in [0.3, 0.4) is 0 Å². The van der Waals surface area contributed by atoms with Crippen molar-refractivity contribution in [3.8, 4) is 5.75 Å². The Morgan fingerprint density at radius 2 is 1.96 bits per heavy atom. The Bertz CT molecular complexity index is 932. The Morgan fingerprint density at radius 1 is 1.17 bits per heavy atom. The first-order valence-electron chi connectivity index (χ1n) is 7.06. The van der Waals surface area contributed by atoms with Gasteiger partial charge in [-0.3, -0.25) is 10.1 Å². The molecule has 5 heteroatoms. The monoisotopic (exact) mass is 306 g/mol. The number of benzene rings is 2. The van der Waals surface area contributed by atoms with E-state index in [1.165, 1.54) is 12.1 Å². The maximum absolute atomic E-state index is 10.9. The summed E-state index contributed by atoms with van der Waals surface area (Å²) in [6, 6.07) is 16.0. The average molecular weight is 306 g/mol. The van der Waals surface area contributed by atoms with E-state index in [0.29, 0.717) is 5.56 Å². The maximum atomic E-state index is 10.9. The number of rotatable bonds is 3.